The molecule has 1 aliphatic heterocycles. The number of alkyl halides is 2. The standard InChI is InChI=1S/C15H12Cl2S/c16-13-14(17)18-15(13,11-7-3-1-4-8-11)12-9-5-2-6-10-12/h1-10,13-14H/t13-,14+/m0/s1. The number of thioether (sulfide) groups is 1. The van der Waals surface area contributed by atoms with Gasteiger partial charge in [0.25, 0.3) is 0 Å². The maximum absolute atomic E-state index is 6.54. The molecular formula is C15H12Cl2S. The quantitative estimate of drug-likeness (QED) is 0.714. The van der Waals surface area contributed by atoms with Crippen LogP contribution in [0.25, 0.3) is 0 Å². The summed E-state index contributed by atoms with van der Waals surface area (Å²) in [5, 5.41) is -0.0889. The van der Waals surface area contributed by atoms with Crippen LogP contribution < -0.4 is 0 Å². The predicted octanol–water partition coefficient (Wildman–Crippen LogP) is 4.85. The molecule has 0 nitrogen and oxygen atoms in total. The molecule has 2 atom stereocenters. The number of hydrogen-bond acceptors (Lipinski definition) is 1. The van der Waals surface area contributed by atoms with Crippen molar-refractivity contribution >= 4 is 35.0 Å². The predicted molar refractivity (Wildman–Crippen MR) is 80.5 cm³/mol. The van der Waals surface area contributed by atoms with Gasteiger partial charge >= 0.3 is 0 Å². The Balaban J connectivity index is 2.12. The van der Waals surface area contributed by atoms with Crippen LogP contribution in [0.15, 0.2) is 60.7 Å². The first kappa shape index (κ1) is 12.4. The zero-order valence-electron chi connectivity index (χ0n) is 9.59. The van der Waals surface area contributed by atoms with Gasteiger partial charge in [0, 0.05) is 0 Å². The molecule has 0 N–H and O–H groups in total. The third kappa shape index (κ3) is 1.77. The minimum absolute atomic E-state index is 0.0351. The van der Waals surface area contributed by atoms with E-state index in [1.807, 2.05) is 36.4 Å². The lowest BCUT2D eigenvalue weighted by atomic mass is 9.86. The molecular weight excluding hydrogens is 283 g/mol. The van der Waals surface area contributed by atoms with E-state index in [2.05, 4.69) is 24.3 Å². The maximum atomic E-state index is 6.54. The molecule has 1 aliphatic rings. The molecule has 1 fully saturated rings. The number of benzene rings is 2. The highest BCUT2D eigenvalue weighted by Crippen LogP contribution is 2.61. The molecule has 0 unspecified atom stereocenters. The molecule has 0 saturated carbocycles. The third-order valence-corrected chi connectivity index (χ3v) is 6.42. The van der Waals surface area contributed by atoms with E-state index in [0.29, 0.717) is 0 Å². The summed E-state index contributed by atoms with van der Waals surface area (Å²) in [5.74, 6) is 0. The summed E-state index contributed by atoms with van der Waals surface area (Å²) in [7, 11) is 0. The molecule has 3 rings (SSSR count). The van der Waals surface area contributed by atoms with Crippen molar-refractivity contribution in [3.8, 4) is 0 Å². The molecule has 0 bridgehead atoms. The fourth-order valence-corrected chi connectivity index (χ4v) is 4.92. The summed E-state index contributed by atoms with van der Waals surface area (Å²) in [5.41, 5.74) is 2.44. The van der Waals surface area contributed by atoms with Gasteiger partial charge in [0.15, 0.2) is 0 Å². The lowest BCUT2D eigenvalue weighted by molar-refractivity contribution is 0.656. The van der Waals surface area contributed by atoms with Crippen molar-refractivity contribution in [2.24, 2.45) is 0 Å². The van der Waals surface area contributed by atoms with E-state index in [-0.39, 0.29) is 14.8 Å². The van der Waals surface area contributed by atoms with Gasteiger partial charge < -0.3 is 0 Å². The van der Waals surface area contributed by atoms with Gasteiger partial charge in [-0.25, -0.2) is 0 Å². The van der Waals surface area contributed by atoms with Crippen LogP contribution in [0.4, 0.5) is 0 Å². The van der Waals surface area contributed by atoms with Gasteiger partial charge in [0.05, 0.1) is 14.8 Å². The van der Waals surface area contributed by atoms with Crippen LogP contribution in [0.5, 0.6) is 0 Å². The Labute approximate surface area is 121 Å². The largest absolute Gasteiger partial charge is 0.122 e. The normalized spacial score (nSPS) is 25.4. The van der Waals surface area contributed by atoms with Crippen molar-refractivity contribution in [3.05, 3.63) is 71.8 Å². The van der Waals surface area contributed by atoms with E-state index in [1.54, 1.807) is 11.8 Å². The molecule has 0 spiro atoms. The molecule has 0 radical (unpaired) electrons. The zero-order valence-corrected chi connectivity index (χ0v) is 11.9. The van der Waals surface area contributed by atoms with Crippen molar-refractivity contribution in [1.82, 2.24) is 0 Å². The van der Waals surface area contributed by atoms with Crippen molar-refractivity contribution < 1.29 is 0 Å². The Morgan fingerprint density at radius 3 is 1.56 bits per heavy atom. The first-order valence-electron chi connectivity index (χ1n) is 5.82. The lowest BCUT2D eigenvalue weighted by Crippen LogP contribution is -2.49. The topological polar surface area (TPSA) is 0 Å². The first-order valence-corrected chi connectivity index (χ1v) is 7.57. The van der Waals surface area contributed by atoms with Crippen molar-refractivity contribution in [2.45, 2.75) is 14.8 Å². The van der Waals surface area contributed by atoms with Gasteiger partial charge in [-0.2, -0.15) is 0 Å². The van der Waals surface area contributed by atoms with Crippen LogP contribution in [0, 0.1) is 0 Å². The summed E-state index contributed by atoms with van der Waals surface area (Å²) >= 11 is 14.5. The monoisotopic (exact) mass is 294 g/mol. The van der Waals surface area contributed by atoms with Gasteiger partial charge in [-0.1, -0.05) is 60.7 Å². The van der Waals surface area contributed by atoms with Gasteiger partial charge in [-0.15, -0.1) is 35.0 Å². The Kier molecular flexibility index (Phi) is 3.31. The van der Waals surface area contributed by atoms with Gasteiger partial charge in [0.1, 0.15) is 0 Å². The maximum Gasteiger partial charge on any atom is 0.0985 e. The zero-order chi connectivity index (χ0) is 12.6. The van der Waals surface area contributed by atoms with E-state index >= 15 is 0 Å². The minimum atomic E-state index is -0.212. The first-order chi connectivity index (χ1) is 8.75. The van der Waals surface area contributed by atoms with Gasteiger partial charge in [-0.05, 0) is 11.1 Å². The van der Waals surface area contributed by atoms with Crippen LogP contribution in [-0.4, -0.2) is 10.1 Å². The van der Waals surface area contributed by atoms with Gasteiger partial charge in [0.2, 0.25) is 0 Å². The van der Waals surface area contributed by atoms with E-state index in [9.17, 15) is 0 Å². The second-order valence-corrected chi connectivity index (χ2v) is 6.93. The van der Waals surface area contributed by atoms with Gasteiger partial charge in [-0.3, -0.25) is 0 Å². The molecule has 0 aliphatic carbocycles. The van der Waals surface area contributed by atoms with E-state index in [4.69, 9.17) is 23.2 Å². The molecule has 18 heavy (non-hydrogen) atoms. The molecule has 1 saturated heterocycles. The Hall–Kier alpha value is -0.630. The fourth-order valence-electron chi connectivity index (χ4n) is 2.41. The lowest BCUT2D eigenvalue weighted by Gasteiger charge is -2.49. The van der Waals surface area contributed by atoms with Crippen LogP contribution in [0.2, 0.25) is 0 Å². The summed E-state index contributed by atoms with van der Waals surface area (Å²) in [6.45, 7) is 0. The Bertz CT molecular complexity index is 487. The van der Waals surface area contributed by atoms with Crippen molar-refractivity contribution in [2.75, 3.05) is 0 Å². The van der Waals surface area contributed by atoms with Crippen molar-refractivity contribution in [3.63, 3.8) is 0 Å². The minimum Gasteiger partial charge on any atom is -0.122 e. The van der Waals surface area contributed by atoms with E-state index in [0.717, 1.165) is 0 Å². The molecule has 1 heterocycles. The average Bonchev–Trinajstić information content (AvgIpc) is 2.46. The molecule has 3 heteroatoms. The third-order valence-electron chi connectivity index (χ3n) is 3.32. The summed E-state index contributed by atoms with van der Waals surface area (Å²) in [6, 6.07) is 20.7. The SMILES string of the molecule is Cl[C@@H]1SC(c2ccccc2)(c2ccccc2)[C@H]1Cl. The highest BCUT2D eigenvalue weighted by molar-refractivity contribution is 8.04. The van der Waals surface area contributed by atoms with Crippen LogP contribution in [0.3, 0.4) is 0 Å². The highest BCUT2D eigenvalue weighted by atomic mass is 35.5. The number of hydrogen-bond donors (Lipinski definition) is 0. The number of halogens is 2. The molecule has 0 amide bonds. The fraction of sp³-hybridized carbons (Fsp3) is 0.200. The van der Waals surface area contributed by atoms with Crippen LogP contribution in [-0.2, 0) is 4.75 Å². The second kappa shape index (κ2) is 4.80. The van der Waals surface area contributed by atoms with E-state index < -0.39 is 0 Å². The smallest absolute Gasteiger partial charge is 0.0985 e. The molecule has 2 aromatic rings. The summed E-state index contributed by atoms with van der Waals surface area (Å²) in [4.78, 5) is 0. The van der Waals surface area contributed by atoms with Crippen molar-refractivity contribution in [1.29, 1.82) is 0 Å². The highest BCUT2D eigenvalue weighted by Gasteiger charge is 2.55. The van der Waals surface area contributed by atoms with Crippen LogP contribution in [0.1, 0.15) is 11.1 Å². The molecule has 0 aromatic heterocycles. The number of rotatable bonds is 2. The Morgan fingerprint density at radius 2 is 1.22 bits per heavy atom. The average molecular weight is 295 g/mol. The summed E-state index contributed by atoms with van der Waals surface area (Å²) < 4.78 is -0.247. The molecule has 2 aromatic carbocycles. The molecule has 92 valence electrons. The summed E-state index contributed by atoms with van der Waals surface area (Å²) in [6.07, 6.45) is 0. The van der Waals surface area contributed by atoms with E-state index in [1.165, 1.54) is 11.1 Å². The second-order valence-electron chi connectivity index (χ2n) is 4.34. The van der Waals surface area contributed by atoms with Crippen LogP contribution >= 0.6 is 35.0 Å². The Morgan fingerprint density at radius 1 is 0.778 bits per heavy atom.